The summed E-state index contributed by atoms with van der Waals surface area (Å²) in [4.78, 5) is 0. The Bertz CT molecular complexity index is 8.90. The van der Waals surface area contributed by atoms with E-state index in [0.29, 0.717) is 7.92 Å². The van der Waals surface area contributed by atoms with Crippen LogP contribution in [0.3, 0.4) is 0 Å². The summed E-state index contributed by atoms with van der Waals surface area (Å²) in [5, 5.41) is 0. The Kier molecular flexibility index (Phi) is 60.1. The van der Waals surface area contributed by atoms with Gasteiger partial charge in [0, 0.05) is 0 Å². The summed E-state index contributed by atoms with van der Waals surface area (Å²) in [6.07, 6.45) is 0. The van der Waals surface area contributed by atoms with Crippen molar-refractivity contribution >= 4 is 7.92 Å². The van der Waals surface area contributed by atoms with Gasteiger partial charge in [0.15, 0.2) is 0 Å². The largest absolute Gasteiger partial charge is 0.116 e. The van der Waals surface area contributed by atoms with Gasteiger partial charge in [-0.2, -0.15) is 0 Å². The molecule has 1 heteroatoms. The molecular formula is C6H21P. The van der Waals surface area contributed by atoms with Crippen molar-refractivity contribution in [2.45, 2.75) is 22.3 Å². The first-order valence-electron chi connectivity index (χ1n) is 1.34. The molecule has 0 rings (SSSR count). The summed E-state index contributed by atoms with van der Waals surface area (Å²) in [5.41, 5.74) is 0. The second-order valence-electron chi connectivity index (χ2n) is 1.34. The Balaban J connectivity index is -0.0000000150. The molecule has 0 bridgehead atoms. The standard InChI is InChI=1S/C3H9P.3CH4/c1-4(2)3;;;/h1-3H3;3*1H4. The van der Waals surface area contributed by atoms with Crippen molar-refractivity contribution in [2.75, 3.05) is 20.0 Å². The maximum atomic E-state index is 2.23. The SMILES string of the molecule is C.C.C.CP(C)C. The van der Waals surface area contributed by atoms with Crippen molar-refractivity contribution in [1.82, 2.24) is 0 Å². The molecule has 0 aromatic heterocycles. The number of rotatable bonds is 0. The minimum absolute atomic E-state index is 0. The van der Waals surface area contributed by atoms with Crippen molar-refractivity contribution in [3.63, 3.8) is 0 Å². The van der Waals surface area contributed by atoms with Crippen LogP contribution in [-0.4, -0.2) is 20.0 Å². The molecule has 0 atom stereocenters. The van der Waals surface area contributed by atoms with Gasteiger partial charge in [-0.15, -0.1) is 7.92 Å². The van der Waals surface area contributed by atoms with Crippen LogP contribution in [0.15, 0.2) is 0 Å². The van der Waals surface area contributed by atoms with Crippen LogP contribution < -0.4 is 0 Å². The molecule has 7 heavy (non-hydrogen) atoms. The molecule has 50 valence electrons. The summed E-state index contributed by atoms with van der Waals surface area (Å²) in [7, 11) is 0.380. The normalized spacial score (nSPS) is 5.14. The fraction of sp³-hybridized carbons (Fsp3) is 1.00. The molecule has 0 fully saturated rings. The van der Waals surface area contributed by atoms with E-state index in [1.54, 1.807) is 0 Å². The van der Waals surface area contributed by atoms with Gasteiger partial charge in [-0.05, 0) is 20.0 Å². The zero-order chi connectivity index (χ0) is 3.58. The Morgan fingerprint density at radius 2 is 0.714 bits per heavy atom. The van der Waals surface area contributed by atoms with Crippen LogP contribution in [0.25, 0.3) is 0 Å². The Labute approximate surface area is 51.1 Å². The lowest BCUT2D eigenvalue weighted by atomic mass is 11.9. The van der Waals surface area contributed by atoms with Gasteiger partial charge in [-0.3, -0.25) is 0 Å². The van der Waals surface area contributed by atoms with E-state index in [1.165, 1.54) is 0 Å². The van der Waals surface area contributed by atoms with E-state index in [-0.39, 0.29) is 22.3 Å². The van der Waals surface area contributed by atoms with Crippen LogP contribution in [-0.2, 0) is 0 Å². The Hall–Kier alpha value is 0.430. The third-order valence-corrected chi connectivity index (χ3v) is 0. The van der Waals surface area contributed by atoms with Crippen molar-refractivity contribution in [1.29, 1.82) is 0 Å². The highest BCUT2D eigenvalue weighted by Crippen LogP contribution is 2.14. The monoisotopic (exact) mass is 124 g/mol. The average Bonchev–Trinajstić information content (AvgIpc) is 0.811. The van der Waals surface area contributed by atoms with Crippen LogP contribution in [0.1, 0.15) is 22.3 Å². The van der Waals surface area contributed by atoms with Crippen LogP contribution >= 0.6 is 7.92 Å². The maximum absolute atomic E-state index is 2.23. The van der Waals surface area contributed by atoms with E-state index in [4.69, 9.17) is 0 Å². The van der Waals surface area contributed by atoms with E-state index in [2.05, 4.69) is 20.0 Å². The fourth-order valence-corrected chi connectivity index (χ4v) is 0. The van der Waals surface area contributed by atoms with E-state index in [0.717, 1.165) is 0 Å². The average molecular weight is 124 g/mol. The van der Waals surface area contributed by atoms with Gasteiger partial charge < -0.3 is 0 Å². The Morgan fingerprint density at radius 3 is 0.714 bits per heavy atom. The quantitative estimate of drug-likeness (QED) is 0.435. The van der Waals surface area contributed by atoms with Gasteiger partial charge in [0.1, 0.15) is 0 Å². The summed E-state index contributed by atoms with van der Waals surface area (Å²) in [5.74, 6) is 0. The van der Waals surface area contributed by atoms with Crippen molar-refractivity contribution in [3.05, 3.63) is 0 Å². The third kappa shape index (κ3) is 682. The molecule has 0 heterocycles. The predicted octanol–water partition coefficient (Wildman–Crippen LogP) is 3.27. The molecule has 0 spiro atoms. The van der Waals surface area contributed by atoms with Gasteiger partial charge in [0.2, 0.25) is 0 Å². The lowest BCUT2D eigenvalue weighted by molar-refractivity contribution is 2.13. The highest BCUT2D eigenvalue weighted by molar-refractivity contribution is 7.55. The molecule has 0 N–H and O–H groups in total. The van der Waals surface area contributed by atoms with E-state index < -0.39 is 0 Å². The highest BCUT2D eigenvalue weighted by atomic mass is 31.1. The summed E-state index contributed by atoms with van der Waals surface area (Å²) in [6, 6.07) is 0. The molecule has 0 saturated carbocycles. The minimum Gasteiger partial charge on any atom is -0.116 e. The lowest BCUT2D eigenvalue weighted by Gasteiger charge is -1.81. The van der Waals surface area contributed by atoms with Gasteiger partial charge >= 0.3 is 0 Å². The first-order chi connectivity index (χ1) is 1.73. The van der Waals surface area contributed by atoms with Gasteiger partial charge in [-0.25, -0.2) is 0 Å². The molecule has 0 saturated heterocycles. The van der Waals surface area contributed by atoms with E-state index in [1.807, 2.05) is 0 Å². The lowest BCUT2D eigenvalue weighted by Crippen LogP contribution is -1.48. The first kappa shape index (κ1) is 26.1. The van der Waals surface area contributed by atoms with Crippen LogP contribution in [0.5, 0.6) is 0 Å². The molecule has 0 aromatic carbocycles. The van der Waals surface area contributed by atoms with Gasteiger partial charge in [-0.1, -0.05) is 22.3 Å². The maximum Gasteiger partial charge on any atom is -0.0449 e. The molecule has 0 amide bonds. The van der Waals surface area contributed by atoms with E-state index >= 15 is 0 Å². The van der Waals surface area contributed by atoms with Crippen molar-refractivity contribution in [2.24, 2.45) is 0 Å². The smallest absolute Gasteiger partial charge is 0.0449 e. The fourth-order valence-electron chi connectivity index (χ4n) is 0. The molecule has 0 aliphatic carbocycles. The molecule has 0 aliphatic rings. The molecule has 0 aliphatic heterocycles. The van der Waals surface area contributed by atoms with Gasteiger partial charge in [0.25, 0.3) is 0 Å². The van der Waals surface area contributed by atoms with Crippen molar-refractivity contribution < 1.29 is 0 Å². The number of hydrogen-bond donors (Lipinski definition) is 0. The molecule has 0 nitrogen and oxygen atoms in total. The Morgan fingerprint density at radius 1 is 0.714 bits per heavy atom. The van der Waals surface area contributed by atoms with Crippen molar-refractivity contribution in [3.8, 4) is 0 Å². The highest BCUT2D eigenvalue weighted by Gasteiger charge is 1.65. The second kappa shape index (κ2) is 16.1. The zero-order valence-electron chi connectivity index (χ0n) is 3.45. The molecule has 0 radical (unpaired) electrons. The summed E-state index contributed by atoms with van der Waals surface area (Å²) >= 11 is 0. The second-order valence-corrected chi connectivity index (χ2v) is 4.02. The van der Waals surface area contributed by atoms with Crippen LogP contribution in [0.4, 0.5) is 0 Å². The third-order valence-electron chi connectivity index (χ3n) is 0. The zero-order valence-corrected chi connectivity index (χ0v) is 4.34. The van der Waals surface area contributed by atoms with E-state index in [9.17, 15) is 0 Å². The summed E-state index contributed by atoms with van der Waals surface area (Å²) in [6.45, 7) is 6.69. The molecule has 0 aromatic rings. The van der Waals surface area contributed by atoms with Crippen LogP contribution in [0.2, 0.25) is 0 Å². The topological polar surface area (TPSA) is 0 Å². The van der Waals surface area contributed by atoms with Gasteiger partial charge in [0.05, 0.1) is 0 Å². The molecule has 0 unspecified atom stereocenters. The first-order valence-corrected chi connectivity index (χ1v) is 4.02. The number of hydrogen-bond acceptors (Lipinski definition) is 0. The minimum atomic E-state index is 0. The van der Waals surface area contributed by atoms with Crippen LogP contribution in [0, 0.1) is 0 Å². The molecular weight excluding hydrogens is 103 g/mol. The summed E-state index contributed by atoms with van der Waals surface area (Å²) < 4.78 is 0. The predicted molar refractivity (Wildman–Crippen MR) is 44.9 cm³/mol.